The molecule has 0 aromatic heterocycles. The Balaban J connectivity index is 2.76. The Morgan fingerprint density at radius 2 is 2.06 bits per heavy atom. The van der Waals surface area contributed by atoms with Crippen LogP contribution < -0.4 is 11.1 Å². The van der Waals surface area contributed by atoms with Crippen LogP contribution in [0.5, 0.6) is 0 Å². The minimum atomic E-state index is -0.0621. The van der Waals surface area contributed by atoms with Crippen molar-refractivity contribution in [2.24, 2.45) is 0 Å². The molecule has 3 N–H and O–H groups in total. The molecule has 0 atom stereocenters. The fourth-order valence-electron chi connectivity index (χ4n) is 1.45. The molecule has 1 rings (SSSR count). The van der Waals surface area contributed by atoms with Gasteiger partial charge in [0.2, 0.25) is 0 Å². The largest absolute Gasteiger partial charge is 0.398 e. The maximum atomic E-state index is 11.9. The predicted molar refractivity (Wildman–Crippen MR) is 70.4 cm³/mol. The van der Waals surface area contributed by atoms with E-state index >= 15 is 0 Å². The van der Waals surface area contributed by atoms with Crippen molar-refractivity contribution in [2.45, 2.75) is 32.7 Å². The lowest BCUT2D eigenvalue weighted by atomic mass is 10.1. The SMILES string of the molecule is CCC(CC)NC(=O)c1ccc(Br)c(N)c1. The summed E-state index contributed by atoms with van der Waals surface area (Å²) in [5.41, 5.74) is 6.91. The van der Waals surface area contributed by atoms with Crippen LogP contribution in [0.4, 0.5) is 5.69 Å². The van der Waals surface area contributed by atoms with Crippen molar-refractivity contribution < 1.29 is 4.79 Å². The van der Waals surface area contributed by atoms with Gasteiger partial charge in [0.25, 0.3) is 5.91 Å². The third kappa shape index (κ3) is 3.23. The van der Waals surface area contributed by atoms with Crippen molar-refractivity contribution in [1.82, 2.24) is 5.32 Å². The first-order chi connectivity index (χ1) is 7.58. The Kier molecular flexibility index (Phi) is 4.80. The molecule has 0 aliphatic carbocycles. The van der Waals surface area contributed by atoms with E-state index < -0.39 is 0 Å². The number of nitrogens with two attached hydrogens (primary N) is 1. The standard InChI is InChI=1S/C12H17BrN2O/c1-3-9(4-2)15-12(16)8-5-6-10(13)11(14)7-8/h5-7,9H,3-4,14H2,1-2H3,(H,15,16). The summed E-state index contributed by atoms with van der Waals surface area (Å²) in [6.07, 6.45) is 1.88. The van der Waals surface area contributed by atoms with Gasteiger partial charge in [0.1, 0.15) is 0 Å². The average Bonchev–Trinajstić information content (AvgIpc) is 2.29. The molecule has 0 fully saturated rings. The van der Waals surface area contributed by atoms with Gasteiger partial charge in [-0.3, -0.25) is 4.79 Å². The van der Waals surface area contributed by atoms with Crippen LogP contribution in [0.25, 0.3) is 0 Å². The second-order valence-electron chi connectivity index (χ2n) is 3.72. The van der Waals surface area contributed by atoms with Crippen LogP contribution in [0.2, 0.25) is 0 Å². The van der Waals surface area contributed by atoms with Crippen molar-refractivity contribution in [1.29, 1.82) is 0 Å². The smallest absolute Gasteiger partial charge is 0.251 e. The van der Waals surface area contributed by atoms with Gasteiger partial charge in [-0.2, -0.15) is 0 Å². The number of nitrogens with one attached hydrogen (secondary N) is 1. The molecule has 88 valence electrons. The summed E-state index contributed by atoms with van der Waals surface area (Å²) in [5.74, 6) is -0.0621. The minimum Gasteiger partial charge on any atom is -0.398 e. The second kappa shape index (κ2) is 5.89. The number of halogens is 1. The number of hydrogen-bond donors (Lipinski definition) is 2. The maximum Gasteiger partial charge on any atom is 0.251 e. The summed E-state index contributed by atoms with van der Waals surface area (Å²) < 4.78 is 0.812. The Hall–Kier alpha value is -1.03. The van der Waals surface area contributed by atoms with Crippen molar-refractivity contribution >= 4 is 27.5 Å². The van der Waals surface area contributed by atoms with Crippen LogP contribution in [-0.2, 0) is 0 Å². The van der Waals surface area contributed by atoms with Crippen molar-refractivity contribution in [3.8, 4) is 0 Å². The van der Waals surface area contributed by atoms with Gasteiger partial charge < -0.3 is 11.1 Å². The van der Waals surface area contributed by atoms with E-state index in [9.17, 15) is 4.79 Å². The molecular formula is C12H17BrN2O. The molecule has 0 aliphatic rings. The van der Waals surface area contributed by atoms with Crippen molar-refractivity contribution in [3.05, 3.63) is 28.2 Å². The highest BCUT2D eigenvalue weighted by Crippen LogP contribution is 2.20. The van der Waals surface area contributed by atoms with E-state index in [1.807, 2.05) is 0 Å². The first kappa shape index (κ1) is 13.0. The molecule has 0 saturated carbocycles. The van der Waals surface area contributed by atoms with E-state index in [2.05, 4.69) is 35.1 Å². The van der Waals surface area contributed by atoms with Crippen LogP contribution in [0.3, 0.4) is 0 Å². The fourth-order valence-corrected chi connectivity index (χ4v) is 1.69. The van der Waals surface area contributed by atoms with Gasteiger partial charge in [-0.15, -0.1) is 0 Å². The molecule has 1 aromatic carbocycles. The lowest BCUT2D eigenvalue weighted by molar-refractivity contribution is 0.0935. The van der Waals surface area contributed by atoms with E-state index in [-0.39, 0.29) is 11.9 Å². The molecule has 3 nitrogen and oxygen atoms in total. The second-order valence-corrected chi connectivity index (χ2v) is 4.58. The van der Waals surface area contributed by atoms with E-state index in [1.54, 1.807) is 18.2 Å². The third-order valence-corrected chi connectivity index (χ3v) is 3.30. The quantitative estimate of drug-likeness (QED) is 0.836. The van der Waals surface area contributed by atoms with Gasteiger partial charge in [-0.05, 0) is 47.0 Å². The summed E-state index contributed by atoms with van der Waals surface area (Å²) in [5, 5.41) is 2.97. The van der Waals surface area contributed by atoms with E-state index in [4.69, 9.17) is 5.73 Å². The Morgan fingerprint density at radius 1 is 1.44 bits per heavy atom. The van der Waals surface area contributed by atoms with Crippen molar-refractivity contribution in [3.63, 3.8) is 0 Å². The number of hydrogen-bond acceptors (Lipinski definition) is 2. The Morgan fingerprint density at radius 3 is 2.56 bits per heavy atom. The van der Waals surface area contributed by atoms with E-state index in [0.29, 0.717) is 11.3 Å². The van der Waals surface area contributed by atoms with Crippen molar-refractivity contribution in [2.75, 3.05) is 5.73 Å². The molecule has 0 radical (unpaired) electrons. The first-order valence-electron chi connectivity index (χ1n) is 5.44. The number of carbonyl (C=O) groups is 1. The van der Waals surface area contributed by atoms with Crippen LogP contribution in [-0.4, -0.2) is 11.9 Å². The molecular weight excluding hydrogens is 268 g/mol. The third-order valence-electron chi connectivity index (χ3n) is 2.58. The summed E-state index contributed by atoms with van der Waals surface area (Å²) in [6.45, 7) is 4.12. The minimum absolute atomic E-state index is 0.0621. The molecule has 1 aromatic rings. The zero-order valence-electron chi connectivity index (χ0n) is 9.59. The zero-order valence-corrected chi connectivity index (χ0v) is 11.2. The molecule has 0 heterocycles. The summed E-state index contributed by atoms with van der Waals surface area (Å²) in [6, 6.07) is 5.47. The molecule has 0 bridgehead atoms. The lowest BCUT2D eigenvalue weighted by Crippen LogP contribution is -2.33. The number of anilines is 1. The normalized spacial score (nSPS) is 10.5. The number of amides is 1. The topological polar surface area (TPSA) is 55.1 Å². The molecule has 1 amide bonds. The summed E-state index contributed by atoms with van der Waals surface area (Å²) >= 11 is 3.30. The Labute approximate surface area is 105 Å². The van der Waals surface area contributed by atoms with Crippen LogP contribution >= 0.6 is 15.9 Å². The van der Waals surface area contributed by atoms with Crippen LogP contribution in [0, 0.1) is 0 Å². The molecule has 4 heteroatoms. The highest BCUT2D eigenvalue weighted by atomic mass is 79.9. The van der Waals surface area contributed by atoms with E-state index in [0.717, 1.165) is 17.3 Å². The lowest BCUT2D eigenvalue weighted by Gasteiger charge is -2.14. The van der Waals surface area contributed by atoms with Gasteiger partial charge in [-0.25, -0.2) is 0 Å². The van der Waals surface area contributed by atoms with Gasteiger partial charge in [0, 0.05) is 21.8 Å². The monoisotopic (exact) mass is 284 g/mol. The summed E-state index contributed by atoms with van der Waals surface area (Å²) in [7, 11) is 0. The van der Waals surface area contributed by atoms with Gasteiger partial charge in [0.15, 0.2) is 0 Å². The number of nitrogen functional groups attached to an aromatic ring is 1. The summed E-state index contributed by atoms with van der Waals surface area (Å²) in [4.78, 5) is 11.9. The highest BCUT2D eigenvalue weighted by Gasteiger charge is 2.11. The van der Waals surface area contributed by atoms with Gasteiger partial charge in [-0.1, -0.05) is 13.8 Å². The van der Waals surface area contributed by atoms with Gasteiger partial charge in [0.05, 0.1) is 0 Å². The molecule has 0 spiro atoms. The maximum absolute atomic E-state index is 11.9. The number of rotatable bonds is 4. The van der Waals surface area contributed by atoms with Crippen LogP contribution in [0.15, 0.2) is 22.7 Å². The fraction of sp³-hybridized carbons (Fsp3) is 0.417. The number of benzene rings is 1. The molecule has 16 heavy (non-hydrogen) atoms. The highest BCUT2D eigenvalue weighted by molar-refractivity contribution is 9.10. The molecule has 0 saturated heterocycles. The van der Waals surface area contributed by atoms with E-state index in [1.165, 1.54) is 0 Å². The Bertz CT molecular complexity index is 375. The van der Waals surface area contributed by atoms with Crippen LogP contribution in [0.1, 0.15) is 37.0 Å². The van der Waals surface area contributed by atoms with Gasteiger partial charge >= 0.3 is 0 Å². The number of carbonyl (C=O) groups excluding carboxylic acids is 1. The predicted octanol–water partition coefficient (Wildman–Crippen LogP) is 2.95. The molecule has 0 aliphatic heterocycles. The molecule has 0 unspecified atom stereocenters. The zero-order chi connectivity index (χ0) is 12.1. The first-order valence-corrected chi connectivity index (χ1v) is 6.23. The average molecular weight is 285 g/mol.